The number of benzene rings is 3. The average molecular weight is 554 g/mol. The Morgan fingerprint density at radius 1 is 1.00 bits per heavy atom. The van der Waals surface area contributed by atoms with Crippen molar-refractivity contribution in [1.82, 2.24) is 5.32 Å². The predicted molar refractivity (Wildman–Crippen MR) is 148 cm³/mol. The van der Waals surface area contributed by atoms with Gasteiger partial charge in [-0.3, -0.25) is 4.79 Å². The molecule has 35 heavy (non-hydrogen) atoms. The molecule has 1 aliphatic rings. The van der Waals surface area contributed by atoms with Crippen LogP contribution in [-0.2, 0) is 17.8 Å². The molecule has 1 saturated heterocycles. The summed E-state index contributed by atoms with van der Waals surface area (Å²) in [5, 5.41) is 6.35. The summed E-state index contributed by atoms with van der Waals surface area (Å²) in [6, 6.07) is 20.3. The smallest absolute Gasteiger partial charge is 0.260 e. The number of carbonyl (C=O) groups is 1. The van der Waals surface area contributed by atoms with E-state index in [4.69, 9.17) is 9.47 Å². The van der Waals surface area contributed by atoms with Gasteiger partial charge in [0.05, 0.1) is 11.5 Å². The zero-order chi connectivity index (χ0) is 24.8. The number of nitrogens with one attached hydrogen (secondary N) is 2. The number of halogens is 1. The van der Waals surface area contributed by atoms with E-state index in [-0.39, 0.29) is 11.4 Å². The van der Waals surface area contributed by atoms with Gasteiger partial charge in [-0.25, -0.2) is 0 Å². The molecule has 1 heterocycles. The molecule has 0 bridgehead atoms. The quantitative estimate of drug-likeness (QED) is 0.283. The first-order valence-electron chi connectivity index (χ1n) is 11.6. The van der Waals surface area contributed by atoms with Crippen LogP contribution in [0.1, 0.15) is 36.1 Å². The van der Waals surface area contributed by atoms with Crippen LogP contribution in [0, 0.1) is 6.92 Å². The topological polar surface area (TPSA) is 59.6 Å². The maximum absolute atomic E-state index is 12.6. The number of carbonyl (C=O) groups excluding carboxylic acids is 1. The molecular weight excluding hydrogens is 524 g/mol. The van der Waals surface area contributed by atoms with Crippen molar-refractivity contribution in [3.63, 3.8) is 0 Å². The minimum Gasteiger partial charge on any atom is -0.490 e. The van der Waals surface area contributed by atoms with E-state index in [1.165, 1.54) is 22.9 Å². The molecule has 1 fully saturated rings. The second-order valence-electron chi connectivity index (χ2n) is 8.20. The zero-order valence-corrected chi connectivity index (χ0v) is 22.5. The molecule has 182 valence electrons. The van der Waals surface area contributed by atoms with Gasteiger partial charge in [0.15, 0.2) is 17.0 Å². The third kappa shape index (κ3) is 6.61. The van der Waals surface area contributed by atoms with Crippen LogP contribution in [0.25, 0.3) is 6.08 Å². The lowest BCUT2D eigenvalue weighted by Crippen LogP contribution is -2.30. The molecule has 7 heteroatoms. The molecule has 0 unspecified atom stereocenters. The summed E-state index contributed by atoms with van der Waals surface area (Å²) in [6.07, 6.45) is 2.87. The van der Waals surface area contributed by atoms with Crippen molar-refractivity contribution in [3.05, 3.63) is 92.3 Å². The van der Waals surface area contributed by atoms with Crippen LogP contribution in [-0.4, -0.2) is 18.0 Å². The van der Waals surface area contributed by atoms with E-state index in [1.807, 2.05) is 37.3 Å². The third-order valence-corrected chi connectivity index (χ3v) is 7.27. The monoisotopic (exact) mass is 552 g/mol. The maximum atomic E-state index is 12.6. The lowest BCUT2D eigenvalue weighted by atomic mass is 10.1. The molecule has 3 aromatic rings. The number of aryl methyl sites for hydroxylation is 2. The number of thioether (sulfide) groups is 1. The minimum atomic E-state index is -0.233. The Labute approximate surface area is 219 Å². The van der Waals surface area contributed by atoms with E-state index in [1.54, 1.807) is 0 Å². The highest BCUT2D eigenvalue weighted by Gasteiger charge is 2.27. The normalized spacial score (nSPS) is 16.3. The Bertz CT molecular complexity index is 1210. The zero-order valence-electron chi connectivity index (χ0n) is 20.1. The second-order valence-corrected chi connectivity index (χ2v) is 10.2. The molecule has 1 aliphatic heterocycles. The Balaban J connectivity index is 1.49. The summed E-state index contributed by atoms with van der Waals surface area (Å²) < 4.78 is 12.8. The first-order chi connectivity index (χ1) is 16.9. The Kier molecular flexibility index (Phi) is 8.42. The summed E-state index contributed by atoms with van der Waals surface area (Å²) in [7, 11) is 0. The van der Waals surface area contributed by atoms with Gasteiger partial charge in [0.2, 0.25) is 0 Å². The lowest BCUT2D eigenvalue weighted by Gasteiger charge is -2.14. The summed E-state index contributed by atoms with van der Waals surface area (Å²) >= 11 is 5.10. The van der Waals surface area contributed by atoms with Gasteiger partial charge in [0.1, 0.15) is 6.61 Å². The van der Waals surface area contributed by atoms with Crippen molar-refractivity contribution in [3.8, 4) is 11.5 Å². The molecule has 5 nitrogen and oxygen atoms in total. The van der Waals surface area contributed by atoms with Crippen LogP contribution in [0.2, 0.25) is 0 Å². The fraction of sp³-hybridized carbons (Fsp3) is 0.250. The molecular formula is C28H29BrN2O3S. The number of ether oxygens (including phenoxy) is 2. The molecule has 4 rings (SSSR count). The van der Waals surface area contributed by atoms with Crippen LogP contribution in [0.3, 0.4) is 0 Å². The van der Waals surface area contributed by atoms with Crippen molar-refractivity contribution in [2.45, 2.75) is 39.3 Å². The number of hydrogen-bond acceptors (Lipinski definition) is 5. The van der Waals surface area contributed by atoms with E-state index in [9.17, 15) is 4.79 Å². The maximum Gasteiger partial charge on any atom is 0.260 e. The van der Waals surface area contributed by atoms with Gasteiger partial charge < -0.3 is 20.1 Å². The van der Waals surface area contributed by atoms with E-state index >= 15 is 0 Å². The van der Waals surface area contributed by atoms with Crippen LogP contribution >= 0.6 is 27.7 Å². The Hall–Kier alpha value is -2.90. The number of anilines is 1. The van der Waals surface area contributed by atoms with Gasteiger partial charge in [-0.2, -0.15) is 0 Å². The van der Waals surface area contributed by atoms with Crippen LogP contribution < -0.4 is 20.1 Å². The van der Waals surface area contributed by atoms with Gasteiger partial charge in [-0.1, -0.05) is 76.6 Å². The van der Waals surface area contributed by atoms with E-state index in [0.717, 1.165) is 27.7 Å². The first-order valence-corrected chi connectivity index (χ1v) is 13.3. The summed E-state index contributed by atoms with van der Waals surface area (Å²) in [4.78, 5) is 13.3. The largest absolute Gasteiger partial charge is 0.490 e. The lowest BCUT2D eigenvalue weighted by molar-refractivity contribution is -0.116. The Morgan fingerprint density at radius 2 is 1.69 bits per heavy atom. The van der Waals surface area contributed by atoms with E-state index in [2.05, 4.69) is 76.8 Å². The summed E-state index contributed by atoms with van der Waals surface area (Å²) in [5.41, 5.74) is 5.16. The third-order valence-electron chi connectivity index (χ3n) is 5.56. The molecule has 0 aromatic heterocycles. The Morgan fingerprint density at radius 3 is 2.37 bits per heavy atom. The van der Waals surface area contributed by atoms with Crippen molar-refractivity contribution < 1.29 is 14.3 Å². The highest BCUT2D eigenvalue weighted by atomic mass is 79.9. The second kappa shape index (κ2) is 11.7. The molecule has 3 aromatic carbocycles. The fourth-order valence-electron chi connectivity index (χ4n) is 3.58. The molecule has 1 amide bonds. The SMILES string of the molecule is CCOc1cc(/C=C2\S[C@H](Nc3ccc(CC)cc3)NC2=O)c(Br)cc1OCc1ccc(C)cc1. The summed E-state index contributed by atoms with van der Waals surface area (Å²) in [6.45, 7) is 7.08. The average Bonchev–Trinajstić information content (AvgIpc) is 3.20. The first kappa shape index (κ1) is 25.2. The number of hydrogen-bond donors (Lipinski definition) is 2. The van der Waals surface area contributed by atoms with Gasteiger partial charge in [0, 0.05) is 10.2 Å². The van der Waals surface area contributed by atoms with E-state index < -0.39 is 0 Å². The highest BCUT2D eigenvalue weighted by molar-refractivity contribution is 9.10. The molecule has 1 atom stereocenters. The molecule has 0 aliphatic carbocycles. The molecule has 2 N–H and O–H groups in total. The van der Waals surface area contributed by atoms with Crippen molar-refractivity contribution in [1.29, 1.82) is 0 Å². The molecule has 0 radical (unpaired) electrons. The van der Waals surface area contributed by atoms with Crippen LogP contribution in [0.5, 0.6) is 11.5 Å². The van der Waals surface area contributed by atoms with Crippen LogP contribution in [0.4, 0.5) is 5.69 Å². The van der Waals surface area contributed by atoms with Crippen molar-refractivity contribution >= 4 is 45.4 Å². The van der Waals surface area contributed by atoms with Gasteiger partial charge in [-0.05, 0) is 67.3 Å². The van der Waals surface area contributed by atoms with Gasteiger partial charge >= 0.3 is 0 Å². The van der Waals surface area contributed by atoms with Crippen molar-refractivity contribution in [2.75, 3.05) is 11.9 Å². The predicted octanol–water partition coefficient (Wildman–Crippen LogP) is 6.90. The fourth-order valence-corrected chi connectivity index (χ4v) is 5.00. The minimum absolute atomic E-state index is 0.109. The molecule has 0 spiro atoms. The standard InChI is InChI=1S/C28H29BrN2O3S/c1-4-19-10-12-22(13-11-19)30-28-31-27(32)26(35-28)15-21-14-24(33-5-2)25(16-23(21)29)34-17-20-8-6-18(3)7-9-20/h6-16,28,30H,4-5,17H2,1-3H3,(H,31,32)/b26-15-/t28-/m1/s1. The van der Waals surface area contributed by atoms with Gasteiger partial charge in [-0.15, -0.1) is 0 Å². The van der Waals surface area contributed by atoms with Crippen LogP contribution in [0.15, 0.2) is 70.0 Å². The highest BCUT2D eigenvalue weighted by Crippen LogP contribution is 2.38. The molecule has 0 saturated carbocycles. The summed E-state index contributed by atoms with van der Waals surface area (Å²) in [5.74, 6) is 1.19. The van der Waals surface area contributed by atoms with E-state index in [0.29, 0.717) is 29.6 Å². The van der Waals surface area contributed by atoms with Gasteiger partial charge in [0.25, 0.3) is 5.91 Å². The number of amides is 1. The van der Waals surface area contributed by atoms with Crippen molar-refractivity contribution in [2.24, 2.45) is 0 Å². The number of rotatable bonds is 9.